The fraction of sp³-hybridized carbons (Fsp3) is 0.467. The second-order valence-corrected chi connectivity index (χ2v) is 19.9. The Labute approximate surface area is 254 Å². The number of hydrogen-bond acceptors (Lipinski definition) is 9. The lowest BCUT2D eigenvalue weighted by molar-refractivity contribution is 0.0310. The fourth-order valence-corrected chi connectivity index (χ4v) is 13.3. The molecule has 0 spiro atoms. The number of carbonyl (C=O) groups excluding carboxylic acids is 2. The van der Waals surface area contributed by atoms with Crippen molar-refractivity contribution in [3.8, 4) is 0 Å². The van der Waals surface area contributed by atoms with Gasteiger partial charge in [0, 0.05) is 13.2 Å². The van der Waals surface area contributed by atoms with Crippen LogP contribution < -0.4 is 0 Å². The molecule has 0 aliphatic rings. The number of carboxylic acid groups (broad SMARTS) is 2. The molecule has 0 amide bonds. The van der Waals surface area contributed by atoms with Crippen molar-refractivity contribution in [2.75, 3.05) is 39.6 Å². The van der Waals surface area contributed by atoms with Crippen molar-refractivity contribution >= 4 is 40.5 Å². The highest BCUT2D eigenvalue weighted by molar-refractivity contribution is 6.84. The summed E-state index contributed by atoms with van der Waals surface area (Å²) in [5.74, 6) is -3.75. The monoisotopic (exact) mass is 634 g/mol. The molecule has 11 nitrogen and oxygen atoms in total. The molecule has 2 aromatic rings. The van der Waals surface area contributed by atoms with Crippen molar-refractivity contribution < 1.29 is 52.5 Å². The van der Waals surface area contributed by atoms with Crippen LogP contribution in [0.25, 0.3) is 0 Å². The van der Waals surface area contributed by atoms with Gasteiger partial charge < -0.3 is 33.3 Å². The van der Waals surface area contributed by atoms with Crippen molar-refractivity contribution in [3.05, 3.63) is 70.8 Å². The predicted molar refractivity (Wildman–Crippen MR) is 164 cm³/mol. The largest absolute Gasteiger partial charge is 0.478 e. The number of aromatic carboxylic acids is 2. The molecule has 2 aromatic carbocycles. The molecule has 13 heteroatoms. The predicted octanol–water partition coefficient (Wildman–Crippen LogP) is 5.34. The van der Waals surface area contributed by atoms with Gasteiger partial charge in [-0.2, -0.15) is 0 Å². The van der Waals surface area contributed by atoms with Gasteiger partial charge in [-0.15, -0.1) is 0 Å². The summed E-state index contributed by atoms with van der Waals surface area (Å²) in [4.78, 5) is 46.9. The summed E-state index contributed by atoms with van der Waals surface area (Å²) < 4.78 is 28.1. The summed E-state index contributed by atoms with van der Waals surface area (Å²) in [6.45, 7) is 10.3. The summed E-state index contributed by atoms with van der Waals surface area (Å²) in [6.07, 6.45) is 1.64. The summed E-state index contributed by atoms with van der Waals surface area (Å²) in [7, 11) is -3.85. The van der Waals surface area contributed by atoms with Crippen molar-refractivity contribution in [1.82, 2.24) is 0 Å². The summed E-state index contributed by atoms with van der Waals surface area (Å²) in [5, 5.41) is 18.4. The Kier molecular flexibility index (Phi) is 14.7. The molecule has 0 unspecified atom stereocenters. The third kappa shape index (κ3) is 13.2. The van der Waals surface area contributed by atoms with Gasteiger partial charge in [0.15, 0.2) is 16.6 Å². The molecule has 0 saturated carbocycles. The van der Waals surface area contributed by atoms with Crippen LogP contribution in [0.2, 0.25) is 38.3 Å². The van der Waals surface area contributed by atoms with Crippen LogP contribution in [0.4, 0.5) is 0 Å². The van der Waals surface area contributed by atoms with E-state index in [-0.39, 0.29) is 48.7 Å². The summed E-state index contributed by atoms with van der Waals surface area (Å²) in [5.41, 5.74) is -0.166. The molecule has 0 bridgehead atoms. The molecule has 0 atom stereocenters. The molecule has 0 fully saturated rings. The number of carboxylic acids is 2. The molecule has 0 radical (unpaired) electrons. The van der Waals surface area contributed by atoms with Crippen molar-refractivity contribution in [2.45, 2.75) is 51.1 Å². The Balaban J connectivity index is 1.56. The Morgan fingerprint density at radius 2 is 0.907 bits per heavy atom. The molecule has 2 rings (SSSR count). The van der Waals surface area contributed by atoms with Gasteiger partial charge in [0.2, 0.25) is 0 Å². The van der Waals surface area contributed by atoms with E-state index in [2.05, 4.69) is 26.2 Å². The van der Waals surface area contributed by atoms with Crippen molar-refractivity contribution in [3.63, 3.8) is 0 Å². The highest BCUT2D eigenvalue weighted by Crippen LogP contribution is 2.24. The van der Waals surface area contributed by atoms with E-state index in [0.717, 1.165) is 24.9 Å². The molecule has 0 aromatic heterocycles. The van der Waals surface area contributed by atoms with Gasteiger partial charge in [-0.3, -0.25) is 0 Å². The van der Waals surface area contributed by atoms with Crippen LogP contribution in [0.1, 0.15) is 54.3 Å². The Hall–Kier alpha value is -3.37. The molecule has 236 valence electrons. The lowest BCUT2D eigenvalue weighted by Crippen LogP contribution is -2.44. The molecular weight excluding hydrogens is 592 g/mol. The van der Waals surface area contributed by atoms with E-state index in [9.17, 15) is 29.4 Å². The van der Waals surface area contributed by atoms with Crippen LogP contribution in [-0.2, 0) is 23.1 Å². The maximum absolute atomic E-state index is 12.2. The van der Waals surface area contributed by atoms with Crippen LogP contribution in [-0.4, -0.2) is 90.4 Å². The van der Waals surface area contributed by atoms with E-state index in [1.165, 1.54) is 24.3 Å². The van der Waals surface area contributed by atoms with Crippen LogP contribution in [0.5, 0.6) is 0 Å². The van der Waals surface area contributed by atoms with Gasteiger partial charge in [-0.1, -0.05) is 24.3 Å². The number of carbonyl (C=O) groups is 4. The molecule has 2 N–H and O–H groups in total. The quantitative estimate of drug-likeness (QED) is 0.110. The molecular formula is C30H42O11Si2. The van der Waals surface area contributed by atoms with E-state index in [4.69, 9.17) is 23.1 Å². The van der Waals surface area contributed by atoms with Gasteiger partial charge in [0.1, 0.15) is 13.2 Å². The van der Waals surface area contributed by atoms with Crippen LogP contribution in [0.15, 0.2) is 48.5 Å². The number of hydrogen-bond donors (Lipinski definition) is 2. The minimum Gasteiger partial charge on any atom is -0.478 e. The zero-order valence-corrected chi connectivity index (χ0v) is 27.3. The second kappa shape index (κ2) is 17.7. The van der Waals surface area contributed by atoms with Crippen molar-refractivity contribution in [2.24, 2.45) is 0 Å². The van der Waals surface area contributed by atoms with Gasteiger partial charge >= 0.3 is 23.9 Å². The lowest BCUT2D eigenvalue weighted by Gasteiger charge is -2.34. The van der Waals surface area contributed by atoms with Gasteiger partial charge in [-0.05, 0) is 75.4 Å². The molecule has 0 saturated heterocycles. The first-order chi connectivity index (χ1) is 20.3. The highest BCUT2D eigenvalue weighted by atomic mass is 28.4. The summed E-state index contributed by atoms with van der Waals surface area (Å²) >= 11 is 0. The summed E-state index contributed by atoms with van der Waals surface area (Å²) in [6, 6.07) is 13.7. The third-order valence-electron chi connectivity index (χ3n) is 6.36. The second-order valence-electron chi connectivity index (χ2n) is 11.0. The topological polar surface area (TPSA) is 155 Å². The van der Waals surface area contributed by atoms with E-state index in [1.807, 2.05) is 0 Å². The van der Waals surface area contributed by atoms with E-state index in [1.54, 1.807) is 24.3 Å². The molecule has 0 aliphatic carbocycles. The Morgan fingerprint density at radius 1 is 0.558 bits per heavy atom. The maximum atomic E-state index is 12.2. The first kappa shape index (κ1) is 35.8. The first-order valence-electron chi connectivity index (χ1n) is 14.2. The zero-order valence-electron chi connectivity index (χ0n) is 25.3. The number of benzene rings is 2. The molecule has 0 aliphatic heterocycles. The third-order valence-corrected chi connectivity index (χ3v) is 13.9. The molecule has 0 heterocycles. The first-order valence-corrected chi connectivity index (χ1v) is 20.4. The highest BCUT2D eigenvalue weighted by Gasteiger charge is 2.32. The minimum absolute atomic E-state index is 0.0141. The number of rotatable bonds is 20. The van der Waals surface area contributed by atoms with Crippen LogP contribution in [0.3, 0.4) is 0 Å². The number of esters is 2. The van der Waals surface area contributed by atoms with E-state index in [0.29, 0.717) is 13.2 Å². The normalized spacial score (nSPS) is 11.6. The van der Waals surface area contributed by atoms with Crippen LogP contribution in [0, 0.1) is 0 Å². The number of ether oxygens (including phenoxy) is 4. The Bertz CT molecular complexity index is 1140. The average molecular weight is 635 g/mol. The van der Waals surface area contributed by atoms with Gasteiger partial charge in [-0.25, -0.2) is 19.2 Å². The molecule has 43 heavy (non-hydrogen) atoms. The van der Waals surface area contributed by atoms with E-state index >= 15 is 0 Å². The fourth-order valence-electron chi connectivity index (χ4n) is 4.49. The van der Waals surface area contributed by atoms with E-state index < -0.39 is 40.5 Å². The van der Waals surface area contributed by atoms with Crippen molar-refractivity contribution in [1.29, 1.82) is 0 Å². The van der Waals surface area contributed by atoms with Crippen LogP contribution >= 0.6 is 0 Å². The minimum atomic E-state index is -1.92. The van der Waals surface area contributed by atoms with Gasteiger partial charge in [0.25, 0.3) is 0 Å². The average Bonchev–Trinajstić information content (AvgIpc) is 2.95. The SMILES string of the molecule is C[Si](C)(CCCOCCOC(=O)c1ccccc1C(=O)O)O[Si](C)(C)CCCOCCOC(=O)c1ccccc1C(=O)O. The maximum Gasteiger partial charge on any atom is 0.339 e. The van der Waals surface area contributed by atoms with Gasteiger partial charge in [0.05, 0.1) is 35.5 Å². The zero-order chi connectivity index (χ0) is 31.9. The Morgan fingerprint density at radius 3 is 1.26 bits per heavy atom. The lowest BCUT2D eigenvalue weighted by atomic mass is 10.1. The standard InChI is InChI=1S/C30H42O11Si2/c1-42(2,21-9-15-37-17-19-39-29(35)25-13-7-5-11-23(25)27(31)32)41-43(3,4)22-10-16-38-18-20-40-30(36)26-14-8-6-12-24(26)28(33)34/h5-8,11-14H,9-10,15-22H2,1-4H3,(H,31,32)(H,33,34). The smallest absolute Gasteiger partial charge is 0.339 e.